The second-order valence-electron chi connectivity index (χ2n) is 6.23. The number of hydrogen-bond acceptors (Lipinski definition) is 7. The molecule has 1 aliphatic rings. The van der Waals surface area contributed by atoms with Gasteiger partial charge in [0.05, 0.1) is 35.6 Å². The van der Waals surface area contributed by atoms with Gasteiger partial charge in [0.2, 0.25) is 10.0 Å². The first kappa shape index (κ1) is 19.2. The average molecular weight is 413 g/mol. The number of benzene rings is 1. The SMILES string of the molecule is COc1cc(CNS(=O)(=O)c2ccc3c(c2)OCCO3)nc(-c2ccccn2)c1. The first-order chi connectivity index (χ1) is 14.0. The molecule has 0 spiro atoms. The van der Waals surface area contributed by atoms with E-state index in [1.165, 1.54) is 12.1 Å². The molecule has 0 aliphatic carbocycles. The second kappa shape index (κ2) is 8.06. The standard InChI is InChI=1S/C20H19N3O5S/c1-26-15-10-14(23-18(11-15)17-4-2-3-7-21-17)13-22-29(24,25)16-5-6-19-20(12-16)28-9-8-27-19/h2-7,10-12,22H,8-9,13H2,1H3. The maximum Gasteiger partial charge on any atom is 0.241 e. The lowest BCUT2D eigenvalue weighted by atomic mass is 10.2. The molecule has 29 heavy (non-hydrogen) atoms. The molecule has 3 aromatic rings. The molecule has 0 fully saturated rings. The van der Waals surface area contributed by atoms with E-state index in [1.54, 1.807) is 31.5 Å². The summed E-state index contributed by atoms with van der Waals surface area (Å²) in [6.45, 7) is 0.819. The summed E-state index contributed by atoms with van der Waals surface area (Å²) in [5.74, 6) is 1.51. The van der Waals surface area contributed by atoms with E-state index in [0.717, 1.165) is 0 Å². The highest BCUT2D eigenvalue weighted by molar-refractivity contribution is 7.89. The predicted molar refractivity (Wildman–Crippen MR) is 105 cm³/mol. The molecule has 1 aromatic carbocycles. The van der Waals surface area contributed by atoms with Crippen LogP contribution in [0.25, 0.3) is 11.4 Å². The van der Waals surface area contributed by atoms with Crippen LogP contribution in [0.3, 0.4) is 0 Å². The minimum Gasteiger partial charge on any atom is -0.497 e. The van der Waals surface area contributed by atoms with Crippen LogP contribution in [-0.2, 0) is 16.6 Å². The number of fused-ring (bicyclic) bond motifs is 1. The number of methoxy groups -OCH3 is 1. The monoisotopic (exact) mass is 413 g/mol. The van der Waals surface area contributed by atoms with E-state index < -0.39 is 10.0 Å². The van der Waals surface area contributed by atoms with Crippen molar-refractivity contribution in [3.05, 3.63) is 60.4 Å². The minimum atomic E-state index is -3.77. The second-order valence-corrected chi connectivity index (χ2v) is 8.00. The Balaban J connectivity index is 1.56. The van der Waals surface area contributed by atoms with Crippen molar-refractivity contribution >= 4 is 10.0 Å². The first-order valence-electron chi connectivity index (χ1n) is 8.91. The van der Waals surface area contributed by atoms with Gasteiger partial charge in [0, 0.05) is 24.4 Å². The van der Waals surface area contributed by atoms with Gasteiger partial charge < -0.3 is 14.2 Å². The van der Waals surface area contributed by atoms with Crippen LogP contribution in [0.4, 0.5) is 0 Å². The highest BCUT2D eigenvalue weighted by atomic mass is 32.2. The van der Waals surface area contributed by atoms with Gasteiger partial charge in [0.1, 0.15) is 19.0 Å². The zero-order valence-corrected chi connectivity index (χ0v) is 16.5. The number of nitrogens with one attached hydrogen (secondary N) is 1. The van der Waals surface area contributed by atoms with Crippen molar-refractivity contribution < 1.29 is 22.6 Å². The lowest BCUT2D eigenvalue weighted by molar-refractivity contribution is 0.171. The molecule has 0 radical (unpaired) electrons. The van der Waals surface area contributed by atoms with Gasteiger partial charge in [-0.15, -0.1) is 0 Å². The number of aromatic nitrogens is 2. The number of rotatable bonds is 6. The largest absolute Gasteiger partial charge is 0.497 e. The summed E-state index contributed by atoms with van der Waals surface area (Å²) in [7, 11) is -2.23. The summed E-state index contributed by atoms with van der Waals surface area (Å²) in [6.07, 6.45) is 1.67. The fourth-order valence-corrected chi connectivity index (χ4v) is 3.87. The number of nitrogens with zero attached hydrogens (tertiary/aromatic N) is 2. The summed E-state index contributed by atoms with van der Waals surface area (Å²) < 4.78 is 44.2. The topological polar surface area (TPSA) is 99.6 Å². The molecular weight excluding hydrogens is 394 g/mol. The smallest absolute Gasteiger partial charge is 0.241 e. The molecule has 1 N–H and O–H groups in total. The van der Waals surface area contributed by atoms with Crippen molar-refractivity contribution in [2.24, 2.45) is 0 Å². The zero-order valence-electron chi connectivity index (χ0n) is 15.7. The van der Waals surface area contributed by atoms with E-state index in [2.05, 4.69) is 14.7 Å². The molecule has 2 aromatic heterocycles. The molecule has 8 nitrogen and oxygen atoms in total. The highest BCUT2D eigenvalue weighted by Gasteiger charge is 2.19. The Hall–Kier alpha value is -3.17. The van der Waals surface area contributed by atoms with E-state index in [1.807, 2.05) is 18.2 Å². The van der Waals surface area contributed by atoms with Crippen molar-refractivity contribution in [3.8, 4) is 28.6 Å². The van der Waals surface area contributed by atoms with Crippen molar-refractivity contribution in [2.75, 3.05) is 20.3 Å². The van der Waals surface area contributed by atoms with Gasteiger partial charge in [-0.2, -0.15) is 0 Å². The van der Waals surface area contributed by atoms with Crippen molar-refractivity contribution in [1.82, 2.24) is 14.7 Å². The lowest BCUT2D eigenvalue weighted by Crippen LogP contribution is -2.24. The third-order valence-electron chi connectivity index (χ3n) is 4.28. The normalized spacial score (nSPS) is 13.1. The van der Waals surface area contributed by atoms with Crippen LogP contribution >= 0.6 is 0 Å². The Kier molecular flexibility index (Phi) is 5.32. The quantitative estimate of drug-likeness (QED) is 0.662. The third-order valence-corrected chi connectivity index (χ3v) is 5.68. The van der Waals surface area contributed by atoms with E-state index in [-0.39, 0.29) is 11.4 Å². The highest BCUT2D eigenvalue weighted by Crippen LogP contribution is 2.32. The number of ether oxygens (including phenoxy) is 3. The van der Waals surface area contributed by atoms with E-state index in [4.69, 9.17) is 14.2 Å². The molecule has 150 valence electrons. The van der Waals surface area contributed by atoms with Crippen molar-refractivity contribution in [2.45, 2.75) is 11.4 Å². The summed E-state index contributed by atoms with van der Waals surface area (Å²) in [4.78, 5) is 8.88. The van der Waals surface area contributed by atoms with Gasteiger partial charge in [0.15, 0.2) is 11.5 Å². The van der Waals surface area contributed by atoms with Crippen LogP contribution in [0.1, 0.15) is 5.69 Å². The van der Waals surface area contributed by atoms with Crippen LogP contribution in [0.15, 0.2) is 59.6 Å². The number of pyridine rings is 2. The van der Waals surface area contributed by atoms with Crippen molar-refractivity contribution in [1.29, 1.82) is 0 Å². The molecule has 0 saturated heterocycles. The molecule has 0 saturated carbocycles. The van der Waals surface area contributed by atoms with Crippen LogP contribution in [0.2, 0.25) is 0 Å². The Morgan fingerprint density at radius 2 is 1.86 bits per heavy atom. The maximum absolute atomic E-state index is 12.7. The van der Waals surface area contributed by atoms with Crippen molar-refractivity contribution in [3.63, 3.8) is 0 Å². The van der Waals surface area contributed by atoms with Crippen LogP contribution in [0, 0.1) is 0 Å². The average Bonchev–Trinajstić information content (AvgIpc) is 2.78. The molecule has 0 atom stereocenters. The summed E-state index contributed by atoms with van der Waals surface area (Å²) >= 11 is 0. The van der Waals surface area contributed by atoms with E-state index in [9.17, 15) is 8.42 Å². The maximum atomic E-state index is 12.7. The van der Waals surface area contributed by atoms with Crippen LogP contribution in [0.5, 0.6) is 17.2 Å². The van der Waals surface area contributed by atoms with Gasteiger partial charge in [0.25, 0.3) is 0 Å². The Bertz CT molecular complexity index is 1120. The summed E-state index contributed by atoms with van der Waals surface area (Å²) in [5, 5.41) is 0. The molecule has 0 bridgehead atoms. The first-order valence-corrected chi connectivity index (χ1v) is 10.4. The molecule has 1 aliphatic heterocycles. The van der Waals surface area contributed by atoms with Gasteiger partial charge in [-0.25, -0.2) is 18.1 Å². The Morgan fingerprint density at radius 1 is 1.03 bits per heavy atom. The lowest BCUT2D eigenvalue weighted by Gasteiger charge is -2.19. The van der Waals surface area contributed by atoms with Gasteiger partial charge in [-0.05, 0) is 24.3 Å². The summed E-state index contributed by atoms with van der Waals surface area (Å²) in [6, 6.07) is 13.4. The van der Waals surface area contributed by atoms with Gasteiger partial charge in [-0.3, -0.25) is 4.98 Å². The summed E-state index contributed by atoms with van der Waals surface area (Å²) in [5.41, 5.74) is 1.77. The number of hydrogen-bond donors (Lipinski definition) is 1. The minimum absolute atomic E-state index is 0.00614. The Morgan fingerprint density at radius 3 is 2.62 bits per heavy atom. The number of sulfonamides is 1. The third kappa shape index (κ3) is 4.30. The van der Waals surface area contributed by atoms with Gasteiger partial charge in [-0.1, -0.05) is 6.07 Å². The Labute approximate surface area is 168 Å². The molecule has 4 rings (SSSR count). The van der Waals surface area contributed by atoms with Gasteiger partial charge >= 0.3 is 0 Å². The molecule has 0 unspecified atom stereocenters. The molecule has 0 amide bonds. The predicted octanol–water partition coefficient (Wildman–Crippen LogP) is 2.40. The fraction of sp³-hybridized carbons (Fsp3) is 0.200. The zero-order chi connectivity index (χ0) is 20.3. The van der Waals surface area contributed by atoms with E-state index in [0.29, 0.717) is 47.5 Å². The van der Waals surface area contributed by atoms with Crippen LogP contribution in [-0.4, -0.2) is 38.7 Å². The molecular formula is C20H19N3O5S. The molecule has 3 heterocycles. The van der Waals surface area contributed by atoms with E-state index >= 15 is 0 Å². The fourth-order valence-electron chi connectivity index (χ4n) is 2.86. The molecule has 9 heteroatoms. The van der Waals surface area contributed by atoms with Crippen LogP contribution < -0.4 is 18.9 Å².